The van der Waals surface area contributed by atoms with E-state index in [9.17, 15) is 15.0 Å². The highest BCUT2D eigenvalue weighted by Crippen LogP contribution is 2.36. The molecule has 0 amide bonds. The van der Waals surface area contributed by atoms with Gasteiger partial charge in [-0.2, -0.15) is 0 Å². The minimum absolute atomic E-state index is 0.0882. The van der Waals surface area contributed by atoms with Gasteiger partial charge in [0.2, 0.25) is 0 Å². The second-order valence-corrected chi connectivity index (χ2v) is 6.66. The third-order valence-electron chi connectivity index (χ3n) is 4.13. The number of allylic oxidation sites excluding steroid dienone is 1. The van der Waals surface area contributed by atoms with Crippen molar-refractivity contribution >= 4 is 11.0 Å². The van der Waals surface area contributed by atoms with E-state index in [4.69, 9.17) is 13.9 Å². The number of aliphatic hydroxyl groups is 2. The number of unbranched alkanes of at least 4 members (excludes halogenated alkanes) is 2. The number of ether oxygens (including phenoxy) is 2. The second-order valence-electron chi connectivity index (χ2n) is 6.66. The van der Waals surface area contributed by atoms with Crippen LogP contribution in [0.2, 0.25) is 0 Å². The lowest BCUT2D eigenvalue weighted by Gasteiger charge is -2.27. The predicted octanol–water partition coefficient (Wildman–Crippen LogP) is 4.87. The highest BCUT2D eigenvalue weighted by molar-refractivity contribution is 5.80. The first kappa shape index (κ1) is 19.7. The van der Waals surface area contributed by atoms with Gasteiger partial charge < -0.3 is 24.1 Å². The summed E-state index contributed by atoms with van der Waals surface area (Å²) < 4.78 is 16.4. The Morgan fingerprint density at radius 2 is 1.88 bits per heavy atom. The zero-order chi connectivity index (χ0) is 19.3. The summed E-state index contributed by atoms with van der Waals surface area (Å²) in [5, 5.41) is 21.3. The van der Waals surface area contributed by atoms with E-state index in [1.807, 2.05) is 0 Å². The van der Waals surface area contributed by atoms with E-state index in [0.717, 1.165) is 19.3 Å². The van der Waals surface area contributed by atoms with Crippen molar-refractivity contribution < 1.29 is 24.1 Å². The van der Waals surface area contributed by atoms with E-state index in [2.05, 4.69) is 6.92 Å². The Kier molecular flexibility index (Phi) is 6.18. The number of hydrogen-bond acceptors (Lipinski definition) is 6. The number of rotatable bonds is 8. The Labute approximate surface area is 152 Å². The molecule has 0 saturated carbocycles. The molecule has 2 aromatic rings. The van der Waals surface area contributed by atoms with Gasteiger partial charge in [-0.25, -0.2) is 4.79 Å². The number of aliphatic hydroxyl groups excluding tert-OH is 2. The van der Waals surface area contributed by atoms with Gasteiger partial charge in [0, 0.05) is 23.9 Å². The predicted molar refractivity (Wildman–Crippen MR) is 100 cm³/mol. The lowest BCUT2D eigenvalue weighted by atomic mass is 10.0. The quantitative estimate of drug-likeness (QED) is 0.396. The Morgan fingerprint density at radius 3 is 2.54 bits per heavy atom. The smallest absolute Gasteiger partial charge is 0.336 e. The number of hydrogen-bond donors (Lipinski definition) is 2. The molecular formula is C20H26O6. The van der Waals surface area contributed by atoms with Gasteiger partial charge in [0.25, 0.3) is 0 Å². The topological polar surface area (TPSA) is 89.1 Å². The molecule has 2 rings (SSSR count). The Bertz CT molecular complexity index is 847. The first-order valence-electron chi connectivity index (χ1n) is 8.71. The molecule has 1 heterocycles. The molecule has 0 aliphatic heterocycles. The fourth-order valence-corrected chi connectivity index (χ4v) is 2.65. The van der Waals surface area contributed by atoms with Crippen molar-refractivity contribution in [3.05, 3.63) is 46.2 Å². The van der Waals surface area contributed by atoms with Gasteiger partial charge in [-0.3, -0.25) is 0 Å². The minimum atomic E-state index is -1.19. The van der Waals surface area contributed by atoms with Crippen LogP contribution in [0.15, 0.2) is 45.0 Å². The van der Waals surface area contributed by atoms with Crippen LogP contribution in [-0.4, -0.2) is 22.9 Å². The van der Waals surface area contributed by atoms with Crippen LogP contribution in [0.3, 0.4) is 0 Å². The molecule has 0 spiro atoms. The van der Waals surface area contributed by atoms with E-state index < -0.39 is 11.2 Å². The first-order chi connectivity index (χ1) is 12.3. The number of benzene rings is 1. The van der Waals surface area contributed by atoms with Gasteiger partial charge in [0.05, 0.1) is 7.11 Å². The first-order valence-corrected chi connectivity index (χ1v) is 8.71. The van der Waals surface area contributed by atoms with Crippen LogP contribution in [0.25, 0.3) is 11.0 Å². The molecule has 0 bridgehead atoms. The van der Waals surface area contributed by atoms with E-state index >= 15 is 0 Å². The highest BCUT2D eigenvalue weighted by Gasteiger charge is 2.30. The lowest BCUT2D eigenvalue weighted by Crippen LogP contribution is -2.32. The van der Waals surface area contributed by atoms with Crippen LogP contribution in [0.1, 0.15) is 46.5 Å². The van der Waals surface area contributed by atoms with E-state index in [1.54, 1.807) is 32.0 Å². The highest BCUT2D eigenvalue weighted by atomic mass is 16.5. The lowest BCUT2D eigenvalue weighted by molar-refractivity contribution is 0.0812. The Balaban J connectivity index is 2.35. The third-order valence-corrected chi connectivity index (χ3v) is 4.13. The van der Waals surface area contributed by atoms with Gasteiger partial charge >= 0.3 is 5.63 Å². The molecular weight excluding hydrogens is 336 g/mol. The summed E-state index contributed by atoms with van der Waals surface area (Å²) in [5.74, 6) is 0.407. The molecule has 6 heteroatoms. The second kappa shape index (κ2) is 8.17. The molecule has 1 aromatic carbocycles. The van der Waals surface area contributed by atoms with E-state index in [0.29, 0.717) is 28.9 Å². The molecule has 0 radical (unpaired) electrons. The molecule has 142 valence electrons. The maximum Gasteiger partial charge on any atom is 0.336 e. The van der Waals surface area contributed by atoms with Crippen molar-refractivity contribution in [3.8, 4) is 11.5 Å². The Hall–Kier alpha value is -2.63. The molecule has 0 aliphatic carbocycles. The minimum Gasteiger partial charge on any atom is -0.509 e. The average molecular weight is 362 g/mol. The standard InChI is InChI=1S/C20H26O6/c1-5-6-7-8-14(21)19(23)20(2,3)26-17-12-15-13(11-16(17)24-4)9-10-18(22)25-15/h9-12,21,23H,5-8H2,1-4H3/b19-14+. The van der Waals surface area contributed by atoms with E-state index in [-0.39, 0.29) is 11.5 Å². The van der Waals surface area contributed by atoms with Gasteiger partial charge in [0.1, 0.15) is 11.3 Å². The summed E-state index contributed by atoms with van der Waals surface area (Å²) in [6.45, 7) is 5.35. The van der Waals surface area contributed by atoms with Crippen molar-refractivity contribution in [1.29, 1.82) is 0 Å². The summed E-state index contributed by atoms with van der Waals surface area (Å²) in [6.07, 6.45) is 3.16. The SMILES string of the molecule is CCCCC/C(O)=C(\O)C(C)(C)Oc1cc2oc(=O)ccc2cc1OC. The van der Waals surface area contributed by atoms with Crippen LogP contribution >= 0.6 is 0 Å². The van der Waals surface area contributed by atoms with Crippen molar-refractivity contribution in [2.45, 2.75) is 52.1 Å². The van der Waals surface area contributed by atoms with Crippen molar-refractivity contribution in [2.24, 2.45) is 0 Å². The summed E-state index contributed by atoms with van der Waals surface area (Å²) in [7, 11) is 1.50. The van der Waals surface area contributed by atoms with Crippen molar-refractivity contribution in [3.63, 3.8) is 0 Å². The van der Waals surface area contributed by atoms with Crippen LogP contribution < -0.4 is 15.1 Å². The average Bonchev–Trinajstić information content (AvgIpc) is 2.60. The molecule has 1 aromatic heterocycles. The van der Waals surface area contributed by atoms with Crippen LogP contribution in [-0.2, 0) is 0 Å². The fourth-order valence-electron chi connectivity index (χ4n) is 2.65. The molecule has 0 unspecified atom stereocenters. The maximum atomic E-state index is 11.4. The molecule has 0 saturated heterocycles. The number of fused-ring (bicyclic) bond motifs is 1. The molecule has 6 nitrogen and oxygen atoms in total. The van der Waals surface area contributed by atoms with Gasteiger partial charge in [-0.15, -0.1) is 0 Å². The van der Waals surface area contributed by atoms with E-state index in [1.165, 1.54) is 13.2 Å². The molecule has 2 N–H and O–H groups in total. The molecule has 0 atom stereocenters. The molecule has 26 heavy (non-hydrogen) atoms. The zero-order valence-corrected chi connectivity index (χ0v) is 15.7. The van der Waals surface area contributed by atoms with Crippen LogP contribution in [0, 0.1) is 0 Å². The van der Waals surface area contributed by atoms with Gasteiger partial charge in [0.15, 0.2) is 22.9 Å². The summed E-state index contributed by atoms with van der Waals surface area (Å²) >= 11 is 0. The van der Waals surface area contributed by atoms with Crippen molar-refractivity contribution in [1.82, 2.24) is 0 Å². The maximum absolute atomic E-state index is 11.4. The zero-order valence-electron chi connectivity index (χ0n) is 15.7. The molecule has 0 aliphatic rings. The normalized spacial score (nSPS) is 12.8. The van der Waals surface area contributed by atoms with Crippen LogP contribution in [0.5, 0.6) is 11.5 Å². The van der Waals surface area contributed by atoms with Gasteiger partial charge in [-0.05, 0) is 32.4 Å². The largest absolute Gasteiger partial charge is 0.509 e. The summed E-state index contributed by atoms with van der Waals surface area (Å²) in [6, 6.07) is 6.19. The summed E-state index contributed by atoms with van der Waals surface area (Å²) in [5.41, 5.74) is -1.31. The van der Waals surface area contributed by atoms with Gasteiger partial charge in [-0.1, -0.05) is 19.8 Å². The Morgan fingerprint density at radius 1 is 1.15 bits per heavy atom. The monoisotopic (exact) mass is 362 g/mol. The number of methoxy groups -OCH3 is 1. The summed E-state index contributed by atoms with van der Waals surface area (Å²) in [4.78, 5) is 11.4. The van der Waals surface area contributed by atoms with Crippen molar-refractivity contribution in [2.75, 3.05) is 7.11 Å². The molecule has 0 fully saturated rings. The third kappa shape index (κ3) is 4.50. The van der Waals surface area contributed by atoms with Crippen LogP contribution in [0.4, 0.5) is 0 Å². The fraction of sp³-hybridized carbons (Fsp3) is 0.450.